The third kappa shape index (κ3) is 2.22. The summed E-state index contributed by atoms with van der Waals surface area (Å²) in [4.78, 5) is 41.7. The molecule has 10 nitrogen and oxygen atoms in total. The summed E-state index contributed by atoms with van der Waals surface area (Å²) in [5, 5.41) is 6.58. The molecule has 0 aromatic rings. The number of hydrogen-bond donors (Lipinski definition) is 3. The van der Waals surface area contributed by atoms with Gasteiger partial charge in [-0.2, -0.15) is 0 Å². The SMILES string of the molecule is COC12C(COC(N)=O)C3=C(C(=O)C=C(N4CCNCC4)C3=O)N1CC1NC12. The van der Waals surface area contributed by atoms with E-state index >= 15 is 0 Å². The molecule has 3 fully saturated rings. The van der Waals surface area contributed by atoms with Crippen LogP contribution in [0.15, 0.2) is 23.0 Å². The Morgan fingerprint density at radius 3 is 2.79 bits per heavy atom. The van der Waals surface area contributed by atoms with Crippen molar-refractivity contribution in [1.29, 1.82) is 0 Å². The number of Topliss-reactive ketones (excluding diaryl/α,β-unsaturated/α-hetero) is 1. The van der Waals surface area contributed by atoms with Crippen LogP contribution in [0.3, 0.4) is 0 Å². The van der Waals surface area contributed by atoms with E-state index in [4.69, 9.17) is 15.2 Å². The minimum absolute atomic E-state index is 0.0344. The molecule has 5 aliphatic rings. The molecule has 0 bridgehead atoms. The van der Waals surface area contributed by atoms with Crippen LogP contribution < -0.4 is 16.4 Å². The van der Waals surface area contributed by atoms with Gasteiger partial charge in [0.2, 0.25) is 11.6 Å². The second-order valence-corrected chi connectivity index (χ2v) is 7.72. The molecule has 4 atom stereocenters. The van der Waals surface area contributed by atoms with Gasteiger partial charge >= 0.3 is 6.09 Å². The molecule has 0 saturated carbocycles. The minimum atomic E-state index is -0.928. The molecule has 5 rings (SSSR count). The van der Waals surface area contributed by atoms with Gasteiger partial charge in [-0.05, 0) is 0 Å². The number of methoxy groups -OCH3 is 1. The van der Waals surface area contributed by atoms with Gasteiger partial charge in [0.15, 0.2) is 5.72 Å². The van der Waals surface area contributed by atoms with E-state index in [1.807, 2.05) is 9.80 Å². The smallest absolute Gasteiger partial charge is 0.404 e. The lowest BCUT2D eigenvalue weighted by molar-refractivity contribution is -0.137. The molecule has 28 heavy (non-hydrogen) atoms. The molecule has 0 radical (unpaired) electrons. The van der Waals surface area contributed by atoms with E-state index < -0.39 is 17.7 Å². The van der Waals surface area contributed by atoms with Crippen LogP contribution in [0.2, 0.25) is 0 Å². The van der Waals surface area contributed by atoms with Crippen molar-refractivity contribution in [2.45, 2.75) is 17.8 Å². The van der Waals surface area contributed by atoms with Gasteiger partial charge in [-0.25, -0.2) is 4.79 Å². The van der Waals surface area contributed by atoms with Crippen molar-refractivity contribution in [3.05, 3.63) is 23.0 Å². The fraction of sp³-hybridized carbons (Fsp3) is 0.611. The number of carbonyl (C=O) groups is 3. The predicted octanol–water partition coefficient (Wildman–Crippen LogP) is -2.09. The van der Waals surface area contributed by atoms with E-state index in [-0.39, 0.29) is 30.3 Å². The number of ketones is 2. The monoisotopic (exact) mass is 389 g/mol. The van der Waals surface area contributed by atoms with Gasteiger partial charge in [-0.1, -0.05) is 0 Å². The molecule has 10 heteroatoms. The van der Waals surface area contributed by atoms with Crippen LogP contribution >= 0.6 is 0 Å². The first-order valence-corrected chi connectivity index (χ1v) is 9.50. The molecular weight excluding hydrogens is 366 g/mol. The first-order chi connectivity index (χ1) is 13.5. The normalized spacial score (nSPS) is 36.2. The summed E-state index contributed by atoms with van der Waals surface area (Å²) in [5.74, 6) is -0.988. The molecular formula is C18H23N5O5. The van der Waals surface area contributed by atoms with Crippen LogP contribution in [0.1, 0.15) is 0 Å². The Kier molecular flexibility index (Phi) is 3.80. The third-order valence-corrected chi connectivity index (χ3v) is 6.46. The summed E-state index contributed by atoms with van der Waals surface area (Å²) >= 11 is 0. The number of fused-ring (bicyclic) bond motifs is 4. The van der Waals surface area contributed by atoms with Crippen molar-refractivity contribution in [3.8, 4) is 0 Å². The molecule has 0 spiro atoms. The Bertz CT molecular complexity index is 832. The van der Waals surface area contributed by atoms with Gasteiger partial charge in [0.25, 0.3) is 0 Å². The van der Waals surface area contributed by atoms with Crippen molar-refractivity contribution in [2.75, 3.05) is 46.4 Å². The maximum Gasteiger partial charge on any atom is 0.404 e. The number of primary amides is 1. The zero-order chi connectivity index (χ0) is 19.6. The Morgan fingerprint density at radius 1 is 1.36 bits per heavy atom. The molecule has 1 amide bonds. The maximum atomic E-state index is 13.5. The highest BCUT2D eigenvalue weighted by Gasteiger charge is 2.72. The number of nitrogens with one attached hydrogen (secondary N) is 2. The van der Waals surface area contributed by atoms with Crippen molar-refractivity contribution >= 4 is 17.7 Å². The Labute approximate surface area is 161 Å². The Balaban J connectivity index is 1.55. The fourth-order valence-corrected chi connectivity index (χ4v) is 5.25. The highest BCUT2D eigenvalue weighted by molar-refractivity contribution is 6.23. The number of piperazine rings is 2. The zero-order valence-electron chi connectivity index (χ0n) is 15.6. The molecule has 150 valence electrons. The average Bonchev–Trinajstić information content (AvgIpc) is 3.29. The lowest BCUT2D eigenvalue weighted by atomic mass is 9.83. The van der Waals surface area contributed by atoms with Gasteiger partial charge in [-0.3, -0.25) is 9.59 Å². The zero-order valence-corrected chi connectivity index (χ0v) is 15.6. The summed E-state index contributed by atoms with van der Waals surface area (Å²) in [6, 6.07) is 0.152. The number of rotatable bonds is 4. The lowest BCUT2D eigenvalue weighted by Crippen LogP contribution is -2.55. The summed E-state index contributed by atoms with van der Waals surface area (Å²) in [5.41, 5.74) is 5.41. The predicted molar refractivity (Wildman–Crippen MR) is 95.7 cm³/mol. The van der Waals surface area contributed by atoms with Gasteiger partial charge in [0, 0.05) is 57.5 Å². The number of carbonyl (C=O) groups excluding carboxylic acids is 3. The van der Waals surface area contributed by atoms with E-state index in [1.165, 1.54) is 6.08 Å². The van der Waals surface area contributed by atoms with E-state index in [0.717, 1.165) is 13.1 Å². The Morgan fingerprint density at radius 2 is 2.11 bits per heavy atom. The number of amides is 1. The standard InChI is InChI=1S/C18H23N5O5/c1-27-18-9(8-28-17(19)26)13-14(23(18)7-10-16(18)21-10)12(24)6-11(15(13)25)22-4-2-20-3-5-22/h6,9-10,16,20-21H,2-5,7-8H2,1H3,(H2,19,26). The van der Waals surface area contributed by atoms with Gasteiger partial charge in [-0.15, -0.1) is 0 Å². The lowest BCUT2D eigenvalue weighted by Gasteiger charge is -2.39. The summed E-state index contributed by atoms with van der Waals surface area (Å²) in [7, 11) is 1.56. The summed E-state index contributed by atoms with van der Waals surface area (Å²) in [6.07, 6.45) is 0.527. The molecule has 4 aliphatic heterocycles. The first-order valence-electron chi connectivity index (χ1n) is 9.50. The van der Waals surface area contributed by atoms with Crippen LogP contribution in [0, 0.1) is 5.92 Å². The number of nitrogens with two attached hydrogens (primary N) is 1. The third-order valence-electron chi connectivity index (χ3n) is 6.46. The first kappa shape index (κ1) is 17.7. The average molecular weight is 389 g/mol. The molecule has 3 saturated heterocycles. The van der Waals surface area contributed by atoms with E-state index in [9.17, 15) is 14.4 Å². The minimum Gasteiger partial charge on any atom is -0.449 e. The van der Waals surface area contributed by atoms with Crippen LogP contribution in [0.25, 0.3) is 0 Å². The van der Waals surface area contributed by atoms with Gasteiger partial charge in [0.05, 0.1) is 23.4 Å². The number of allylic oxidation sites excluding steroid dienone is 2. The van der Waals surface area contributed by atoms with Crippen molar-refractivity contribution in [1.82, 2.24) is 20.4 Å². The number of hydrogen-bond acceptors (Lipinski definition) is 9. The van der Waals surface area contributed by atoms with Crippen LogP contribution in [-0.4, -0.2) is 91.7 Å². The van der Waals surface area contributed by atoms with Crippen LogP contribution in [-0.2, 0) is 19.1 Å². The van der Waals surface area contributed by atoms with Gasteiger partial charge in [0.1, 0.15) is 6.61 Å². The summed E-state index contributed by atoms with van der Waals surface area (Å²) < 4.78 is 11.0. The fourth-order valence-electron chi connectivity index (χ4n) is 5.25. The Hall–Kier alpha value is -2.43. The molecule has 4 N–H and O–H groups in total. The molecule has 0 aromatic carbocycles. The van der Waals surface area contributed by atoms with Gasteiger partial charge < -0.3 is 35.6 Å². The molecule has 0 aromatic heterocycles. The van der Waals surface area contributed by atoms with Crippen molar-refractivity contribution in [3.63, 3.8) is 0 Å². The van der Waals surface area contributed by atoms with E-state index in [2.05, 4.69) is 10.6 Å². The van der Waals surface area contributed by atoms with Crippen molar-refractivity contribution < 1.29 is 23.9 Å². The topological polar surface area (TPSA) is 136 Å². The van der Waals surface area contributed by atoms with E-state index in [1.54, 1.807) is 7.11 Å². The second kappa shape index (κ2) is 6.03. The summed E-state index contributed by atoms with van der Waals surface area (Å²) in [6.45, 7) is 3.27. The highest BCUT2D eigenvalue weighted by atomic mass is 16.6. The van der Waals surface area contributed by atoms with Crippen molar-refractivity contribution in [2.24, 2.45) is 11.7 Å². The highest BCUT2D eigenvalue weighted by Crippen LogP contribution is 2.55. The number of nitrogens with zero attached hydrogens (tertiary/aromatic N) is 2. The van der Waals surface area contributed by atoms with Crippen LogP contribution in [0.4, 0.5) is 4.79 Å². The quantitative estimate of drug-likeness (QED) is 0.365. The molecule has 4 unspecified atom stereocenters. The molecule has 4 heterocycles. The number of ether oxygens (including phenoxy) is 2. The van der Waals surface area contributed by atoms with E-state index in [0.29, 0.717) is 36.6 Å². The second-order valence-electron chi connectivity index (χ2n) is 7.72. The largest absolute Gasteiger partial charge is 0.449 e. The molecule has 1 aliphatic carbocycles. The van der Waals surface area contributed by atoms with Crippen LogP contribution in [0.5, 0.6) is 0 Å². The maximum absolute atomic E-state index is 13.5.